The Morgan fingerprint density at radius 2 is 1.72 bits per heavy atom. The smallest absolute Gasteiger partial charge is 0.295 e. The molecule has 204 valence electrons. The number of likely N-dealkylation sites (tertiary alicyclic amines) is 1. The first kappa shape index (κ1) is 27.7. The quantitative estimate of drug-likeness (QED) is 0.198. The molecule has 1 aliphatic rings. The van der Waals surface area contributed by atoms with E-state index >= 15 is 0 Å². The molecule has 1 unspecified atom stereocenters. The number of aliphatic hydroxyl groups is 1. The molecule has 1 amide bonds. The molecule has 3 aromatic rings. The van der Waals surface area contributed by atoms with E-state index in [2.05, 4.69) is 18.8 Å². The fourth-order valence-electron chi connectivity index (χ4n) is 4.47. The van der Waals surface area contributed by atoms with E-state index in [0.717, 1.165) is 12.0 Å². The van der Waals surface area contributed by atoms with Gasteiger partial charge in [0.25, 0.3) is 11.7 Å². The van der Waals surface area contributed by atoms with Crippen molar-refractivity contribution in [3.63, 3.8) is 0 Å². The standard InChI is InChI=1S/C31H34N2O6/c1-5-38-26-18-23(8-11-25(26)39-17-14-20(2)3)28-27(29(34)22-6-9-24(37-4)10-7-22)30(35)31(36)33(28)19-21-12-15-32-16-13-21/h6-13,15-16,18,20,28,34H,5,14,17,19H2,1-4H3/b29-27+. The molecule has 0 bridgehead atoms. The van der Waals surface area contributed by atoms with Gasteiger partial charge in [-0.2, -0.15) is 0 Å². The van der Waals surface area contributed by atoms with E-state index in [4.69, 9.17) is 14.2 Å². The molecule has 1 atom stereocenters. The third-order valence-electron chi connectivity index (χ3n) is 6.54. The van der Waals surface area contributed by atoms with Gasteiger partial charge in [0, 0.05) is 24.5 Å². The van der Waals surface area contributed by atoms with Gasteiger partial charge in [-0.25, -0.2) is 0 Å². The number of hydrogen-bond donors (Lipinski definition) is 1. The van der Waals surface area contributed by atoms with Crippen molar-refractivity contribution in [2.75, 3.05) is 20.3 Å². The highest BCUT2D eigenvalue weighted by Gasteiger charge is 2.46. The minimum atomic E-state index is -0.843. The number of ether oxygens (including phenoxy) is 3. The molecular weight excluding hydrogens is 496 g/mol. The Kier molecular flexibility index (Phi) is 8.86. The van der Waals surface area contributed by atoms with Crippen LogP contribution in [0.3, 0.4) is 0 Å². The van der Waals surface area contributed by atoms with Crippen LogP contribution >= 0.6 is 0 Å². The van der Waals surface area contributed by atoms with E-state index in [1.165, 1.54) is 4.90 Å². The maximum atomic E-state index is 13.4. The summed E-state index contributed by atoms with van der Waals surface area (Å²) in [4.78, 5) is 32.3. The molecule has 1 saturated heterocycles. The highest BCUT2D eigenvalue weighted by molar-refractivity contribution is 6.46. The molecule has 2 aromatic carbocycles. The van der Waals surface area contributed by atoms with Crippen LogP contribution in [0.4, 0.5) is 0 Å². The molecule has 1 fully saturated rings. The Bertz CT molecular complexity index is 1330. The molecule has 1 aromatic heterocycles. The first-order valence-electron chi connectivity index (χ1n) is 13.0. The average Bonchev–Trinajstić information content (AvgIpc) is 3.19. The second kappa shape index (κ2) is 12.5. The predicted molar refractivity (Wildman–Crippen MR) is 148 cm³/mol. The molecule has 0 aliphatic carbocycles. The van der Waals surface area contributed by atoms with Crippen LogP contribution in [0, 0.1) is 5.92 Å². The van der Waals surface area contributed by atoms with Crippen LogP contribution in [0.2, 0.25) is 0 Å². The molecule has 8 heteroatoms. The number of carbonyl (C=O) groups is 2. The van der Waals surface area contributed by atoms with Gasteiger partial charge in [0.2, 0.25) is 0 Å². The zero-order valence-corrected chi connectivity index (χ0v) is 22.7. The minimum Gasteiger partial charge on any atom is -0.507 e. The van der Waals surface area contributed by atoms with Gasteiger partial charge in [-0.15, -0.1) is 0 Å². The van der Waals surface area contributed by atoms with Gasteiger partial charge >= 0.3 is 0 Å². The van der Waals surface area contributed by atoms with E-state index in [1.54, 1.807) is 68.0 Å². The van der Waals surface area contributed by atoms with Crippen molar-refractivity contribution in [2.24, 2.45) is 5.92 Å². The van der Waals surface area contributed by atoms with Gasteiger partial charge in [-0.3, -0.25) is 14.6 Å². The fourth-order valence-corrected chi connectivity index (χ4v) is 4.47. The van der Waals surface area contributed by atoms with Crippen LogP contribution in [0.1, 0.15) is 49.9 Å². The lowest BCUT2D eigenvalue weighted by atomic mass is 9.94. The summed E-state index contributed by atoms with van der Waals surface area (Å²) < 4.78 is 17.1. The number of amides is 1. The Morgan fingerprint density at radius 1 is 1.00 bits per heavy atom. The zero-order valence-electron chi connectivity index (χ0n) is 22.7. The maximum absolute atomic E-state index is 13.4. The number of aliphatic hydroxyl groups excluding tert-OH is 1. The predicted octanol–water partition coefficient (Wildman–Crippen LogP) is 5.54. The lowest BCUT2D eigenvalue weighted by Crippen LogP contribution is -2.29. The second-order valence-corrected chi connectivity index (χ2v) is 9.68. The summed E-state index contributed by atoms with van der Waals surface area (Å²) in [5.41, 5.74) is 1.84. The molecule has 0 spiro atoms. The SMILES string of the molecule is CCOc1cc(C2/C(=C(\O)c3ccc(OC)cc3)C(=O)C(=O)N2Cc2ccncc2)ccc1OCCC(C)C. The number of benzene rings is 2. The van der Waals surface area contributed by atoms with Crippen molar-refractivity contribution in [1.82, 2.24) is 9.88 Å². The van der Waals surface area contributed by atoms with Crippen molar-refractivity contribution in [1.29, 1.82) is 0 Å². The zero-order chi connectivity index (χ0) is 27.9. The van der Waals surface area contributed by atoms with Crippen molar-refractivity contribution >= 4 is 17.4 Å². The van der Waals surface area contributed by atoms with Crippen molar-refractivity contribution in [2.45, 2.75) is 39.8 Å². The summed E-state index contributed by atoms with van der Waals surface area (Å²) in [5, 5.41) is 11.4. The molecule has 2 heterocycles. The monoisotopic (exact) mass is 530 g/mol. The van der Waals surface area contributed by atoms with Gasteiger partial charge in [0.05, 0.1) is 31.9 Å². The van der Waals surface area contributed by atoms with Crippen LogP contribution in [0.25, 0.3) is 5.76 Å². The molecule has 0 saturated carbocycles. The summed E-state index contributed by atoms with van der Waals surface area (Å²) in [6.07, 6.45) is 4.16. The van der Waals surface area contributed by atoms with Crippen molar-refractivity contribution < 1.29 is 28.9 Å². The Balaban J connectivity index is 1.81. The van der Waals surface area contributed by atoms with Crippen LogP contribution in [0.5, 0.6) is 17.2 Å². The topological polar surface area (TPSA) is 98.2 Å². The number of hydrogen-bond acceptors (Lipinski definition) is 7. The number of Topliss-reactive ketones (excluding diaryl/α,β-unsaturated/α-hetero) is 1. The summed E-state index contributed by atoms with van der Waals surface area (Å²) in [5.74, 6) is 0.495. The normalized spacial score (nSPS) is 16.5. The Labute approximate surface area is 228 Å². The highest BCUT2D eigenvalue weighted by Crippen LogP contribution is 2.43. The Hall–Kier alpha value is -4.33. The molecular formula is C31H34N2O6. The van der Waals surface area contributed by atoms with Crippen molar-refractivity contribution in [3.05, 3.63) is 89.3 Å². The lowest BCUT2D eigenvalue weighted by Gasteiger charge is -2.26. The van der Waals surface area contributed by atoms with Crippen LogP contribution in [-0.2, 0) is 16.1 Å². The summed E-state index contributed by atoms with van der Waals surface area (Å²) >= 11 is 0. The van der Waals surface area contributed by atoms with Gasteiger partial charge in [0.1, 0.15) is 11.5 Å². The summed E-state index contributed by atoms with van der Waals surface area (Å²) in [7, 11) is 1.55. The van der Waals surface area contributed by atoms with E-state index < -0.39 is 17.7 Å². The first-order valence-corrected chi connectivity index (χ1v) is 13.0. The molecule has 8 nitrogen and oxygen atoms in total. The van der Waals surface area contributed by atoms with Gasteiger partial charge in [-0.05, 0) is 78.9 Å². The third kappa shape index (κ3) is 6.22. The van der Waals surface area contributed by atoms with Gasteiger partial charge in [-0.1, -0.05) is 19.9 Å². The van der Waals surface area contributed by atoms with E-state index in [9.17, 15) is 14.7 Å². The average molecular weight is 531 g/mol. The number of pyridine rings is 1. The van der Waals surface area contributed by atoms with Crippen LogP contribution in [0.15, 0.2) is 72.6 Å². The van der Waals surface area contributed by atoms with Gasteiger partial charge < -0.3 is 24.2 Å². The largest absolute Gasteiger partial charge is 0.507 e. The highest BCUT2D eigenvalue weighted by atomic mass is 16.5. The van der Waals surface area contributed by atoms with E-state index in [-0.39, 0.29) is 17.9 Å². The molecule has 0 radical (unpaired) electrons. The maximum Gasteiger partial charge on any atom is 0.295 e. The van der Waals surface area contributed by atoms with E-state index in [1.807, 2.05) is 13.0 Å². The number of methoxy groups -OCH3 is 1. The molecule has 39 heavy (non-hydrogen) atoms. The number of nitrogens with zero attached hydrogens (tertiary/aromatic N) is 2. The first-order chi connectivity index (χ1) is 18.8. The number of ketones is 1. The molecule has 1 N–H and O–H groups in total. The number of rotatable bonds is 11. The number of carbonyl (C=O) groups excluding carboxylic acids is 2. The van der Waals surface area contributed by atoms with Crippen molar-refractivity contribution in [3.8, 4) is 17.2 Å². The fraction of sp³-hybridized carbons (Fsp3) is 0.323. The number of aromatic nitrogens is 1. The van der Waals surface area contributed by atoms with Gasteiger partial charge in [0.15, 0.2) is 11.5 Å². The summed E-state index contributed by atoms with van der Waals surface area (Å²) in [6, 6.07) is 14.8. The summed E-state index contributed by atoms with van der Waals surface area (Å²) in [6.45, 7) is 7.24. The second-order valence-electron chi connectivity index (χ2n) is 9.68. The van der Waals surface area contributed by atoms with E-state index in [0.29, 0.717) is 47.5 Å². The third-order valence-corrected chi connectivity index (χ3v) is 6.54. The minimum absolute atomic E-state index is 0.00940. The molecule has 4 rings (SSSR count). The lowest BCUT2D eigenvalue weighted by molar-refractivity contribution is -0.140. The molecule has 1 aliphatic heterocycles. The van der Waals surface area contributed by atoms with Crippen LogP contribution < -0.4 is 14.2 Å². The van der Waals surface area contributed by atoms with Crippen LogP contribution in [-0.4, -0.2) is 47.0 Å². The Morgan fingerprint density at radius 3 is 2.36 bits per heavy atom.